The number of Topliss-reactive ketones (excluding diaryl/α,β-unsaturated/α-hetero) is 1. The third-order valence-corrected chi connectivity index (χ3v) is 4.54. The van der Waals surface area contributed by atoms with Crippen LogP contribution in [0.25, 0.3) is 0 Å². The summed E-state index contributed by atoms with van der Waals surface area (Å²) in [7, 11) is 1.62. The molecule has 0 fully saturated rings. The van der Waals surface area contributed by atoms with E-state index in [0.717, 1.165) is 22.0 Å². The first-order valence-electron chi connectivity index (χ1n) is 6.81. The van der Waals surface area contributed by atoms with Crippen LogP contribution in [0, 0.1) is 0 Å². The molecule has 3 nitrogen and oxygen atoms in total. The monoisotopic (exact) mass is 300 g/mol. The number of thioether (sulfide) groups is 1. The van der Waals surface area contributed by atoms with Crippen LogP contribution in [0.2, 0.25) is 0 Å². The predicted octanol–water partition coefficient (Wildman–Crippen LogP) is 3.36. The van der Waals surface area contributed by atoms with E-state index in [1.54, 1.807) is 18.9 Å². The van der Waals surface area contributed by atoms with E-state index in [1.165, 1.54) is 0 Å². The number of hydrogen-bond acceptors (Lipinski definition) is 4. The van der Waals surface area contributed by atoms with Crippen molar-refractivity contribution in [1.29, 1.82) is 0 Å². The number of para-hydroxylation sites is 2. The van der Waals surface area contributed by atoms with E-state index < -0.39 is 6.10 Å². The van der Waals surface area contributed by atoms with Crippen LogP contribution in [0.4, 0.5) is 0 Å². The molecule has 1 heterocycles. The summed E-state index contributed by atoms with van der Waals surface area (Å²) in [5.41, 5.74) is 0.900. The maximum atomic E-state index is 12.5. The van der Waals surface area contributed by atoms with Crippen molar-refractivity contribution in [3.8, 4) is 11.5 Å². The lowest BCUT2D eigenvalue weighted by atomic mass is 10.0. The van der Waals surface area contributed by atoms with Crippen LogP contribution in [-0.4, -0.2) is 24.7 Å². The number of rotatable bonds is 4. The topological polar surface area (TPSA) is 35.5 Å². The molecule has 0 saturated carbocycles. The Labute approximate surface area is 128 Å². The van der Waals surface area contributed by atoms with Gasteiger partial charge in [-0.1, -0.05) is 30.3 Å². The van der Waals surface area contributed by atoms with Crippen molar-refractivity contribution in [2.45, 2.75) is 17.4 Å². The first-order valence-corrected chi connectivity index (χ1v) is 7.79. The smallest absolute Gasteiger partial charge is 0.178 e. The van der Waals surface area contributed by atoms with Crippen molar-refractivity contribution < 1.29 is 14.3 Å². The summed E-state index contributed by atoms with van der Waals surface area (Å²) in [5.74, 6) is 2.29. The van der Waals surface area contributed by atoms with E-state index >= 15 is 0 Å². The second-order valence-electron chi connectivity index (χ2n) is 4.82. The van der Waals surface area contributed by atoms with E-state index in [2.05, 4.69) is 0 Å². The average Bonchev–Trinajstić information content (AvgIpc) is 2.55. The Morgan fingerprint density at radius 2 is 2.00 bits per heavy atom. The fourth-order valence-electron chi connectivity index (χ4n) is 2.33. The van der Waals surface area contributed by atoms with Gasteiger partial charge < -0.3 is 9.47 Å². The highest BCUT2D eigenvalue weighted by Crippen LogP contribution is 2.35. The number of hydrogen-bond donors (Lipinski definition) is 0. The lowest BCUT2D eigenvalue weighted by molar-refractivity contribution is -0.124. The fourth-order valence-corrected chi connectivity index (χ4v) is 3.35. The van der Waals surface area contributed by atoms with Crippen molar-refractivity contribution in [2.24, 2.45) is 0 Å². The average molecular weight is 300 g/mol. The molecule has 1 aliphatic rings. The molecule has 108 valence electrons. The van der Waals surface area contributed by atoms with Gasteiger partial charge in [0.25, 0.3) is 0 Å². The maximum absolute atomic E-state index is 12.5. The van der Waals surface area contributed by atoms with Crippen LogP contribution in [0.1, 0.15) is 5.56 Å². The molecule has 1 unspecified atom stereocenters. The molecule has 0 saturated heterocycles. The van der Waals surface area contributed by atoms with Gasteiger partial charge in [-0.25, -0.2) is 0 Å². The number of ether oxygens (including phenoxy) is 2. The van der Waals surface area contributed by atoms with Gasteiger partial charge in [-0.2, -0.15) is 0 Å². The van der Waals surface area contributed by atoms with Crippen LogP contribution < -0.4 is 9.47 Å². The van der Waals surface area contributed by atoms with Gasteiger partial charge in [0.1, 0.15) is 11.5 Å². The van der Waals surface area contributed by atoms with E-state index in [1.807, 2.05) is 48.5 Å². The van der Waals surface area contributed by atoms with Crippen LogP contribution in [0.5, 0.6) is 11.5 Å². The summed E-state index contributed by atoms with van der Waals surface area (Å²) in [6.45, 7) is 0. The standard InChI is InChI=1S/C17H16O3S/c1-19-14-7-3-2-6-12(14)10-13(18)16-11-21-17-9-5-4-8-15(17)20-16/h2-9,16H,10-11H2,1H3. The second-order valence-corrected chi connectivity index (χ2v) is 5.88. The van der Waals surface area contributed by atoms with Crippen LogP contribution in [-0.2, 0) is 11.2 Å². The predicted molar refractivity (Wildman–Crippen MR) is 83.3 cm³/mol. The van der Waals surface area contributed by atoms with Gasteiger partial charge in [0.15, 0.2) is 11.9 Å². The van der Waals surface area contributed by atoms with Crippen molar-refractivity contribution in [3.05, 3.63) is 54.1 Å². The van der Waals surface area contributed by atoms with Gasteiger partial charge >= 0.3 is 0 Å². The summed E-state index contributed by atoms with van der Waals surface area (Å²) in [4.78, 5) is 13.5. The summed E-state index contributed by atoms with van der Waals surface area (Å²) in [6, 6.07) is 15.4. The SMILES string of the molecule is COc1ccccc1CC(=O)C1CSc2ccccc2O1. The Morgan fingerprint density at radius 3 is 2.86 bits per heavy atom. The van der Waals surface area contributed by atoms with Crippen LogP contribution in [0.15, 0.2) is 53.4 Å². The minimum absolute atomic E-state index is 0.0847. The highest BCUT2D eigenvalue weighted by atomic mass is 32.2. The highest BCUT2D eigenvalue weighted by molar-refractivity contribution is 7.99. The molecule has 0 N–H and O–H groups in total. The molecule has 1 atom stereocenters. The minimum atomic E-state index is -0.394. The molecular formula is C17H16O3S. The third-order valence-electron chi connectivity index (χ3n) is 3.42. The zero-order valence-corrected chi connectivity index (χ0v) is 12.6. The first-order chi connectivity index (χ1) is 10.3. The van der Waals surface area contributed by atoms with Crippen LogP contribution in [0.3, 0.4) is 0 Å². The maximum Gasteiger partial charge on any atom is 0.178 e. The van der Waals surface area contributed by atoms with Gasteiger partial charge in [0.05, 0.1) is 7.11 Å². The normalized spacial score (nSPS) is 16.7. The molecule has 0 aromatic heterocycles. The third kappa shape index (κ3) is 3.05. The molecule has 0 amide bonds. The molecule has 4 heteroatoms. The summed E-state index contributed by atoms with van der Waals surface area (Å²) >= 11 is 1.67. The summed E-state index contributed by atoms with van der Waals surface area (Å²) in [5, 5.41) is 0. The summed E-state index contributed by atoms with van der Waals surface area (Å²) in [6.07, 6.45) is -0.0629. The van der Waals surface area contributed by atoms with E-state index in [-0.39, 0.29) is 5.78 Å². The van der Waals surface area contributed by atoms with Gasteiger partial charge in [0, 0.05) is 22.6 Å². The summed E-state index contributed by atoms with van der Waals surface area (Å²) < 4.78 is 11.1. The molecule has 1 aliphatic heterocycles. The molecule has 0 aliphatic carbocycles. The second kappa shape index (κ2) is 6.22. The molecule has 2 aromatic carbocycles. The Kier molecular flexibility index (Phi) is 4.15. The number of carbonyl (C=O) groups is 1. The first kappa shape index (κ1) is 14.0. The van der Waals surface area contributed by atoms with Crippen molar-refractivity contribution >= 4 is 17.5 Å². The largest absolute Gasteiger partial charge is 0.496 e. The minimum Gasteiger partial charge on any atom is -0.496 e. The molecule has 3 rings (SSSR count). The lowest BCUT2D eigenvalue weighted by Crippen LogP contribution is -2.33. The van der Waals surface area contributed by atoms with Crippen molar-refractivity contribution in [2.75, 3.05) is 12.9 Å². The molecule has 21 heavy (non-hydrogen) atoms. The number of fused-ring (bicyclic) bond motifs is 1. The quantitative estimate of drug-likeness (QED) is 0.867. The molecule has 0 radical (unpaired) electrons. The molecular weight excluding hydrogens is 284 g/mol. The molecule has 0 bridgehead atoms. The van der Waals surface area contributed by atoms with E-state index in [9.17, 15) is 4.79 Å². The van der Waals surface area contributed by atoms with Crippen molar-refractivity contribution in [3.63, 3.8) is 0 Å². The Balaban J connectivity index is 1.72. The fraction of sp³-hybridized carbons (Fsp3) is 0.235. The van der Waals surface area contributed by atoms with Gasteiger partial charge in [0.2, 0.25) is 0 Å². The lowest BCUT2D eigenvalue weighted by Gasteiger charge is -2.24. The van der Waals surface area contributed by atoms with Gasteiger partial charge in [-0.15, -0.1) is 11.8 Å². The highest BCUT2D eigenvalue weighted by Gasteiger charge is 2.26. The van der Waals surface area contributed by atoms with Gasteiger partial charge in [-0.3, -0.25) is 4.79 Å². The molecule has 2 aromatic rings. The number of carbonyl (C=O) groups excluding carboxylic acids is 1. The van der Waals surface area contributed by atoms with Crippen LogP contribution >= 0.6 is 11.8 Å². The number of ketones is 1. The Morgan fingerprint density at radius 1 is 1.24 bits per heavy atom. The Bertz CT molecular complexity index is 654. The zero-order valence-electron chi connectivity index (χ0n) is 11.7. The zero-order chi connectivity index (χ0) is 14.7. The molecule has 0 spiro atoms. The van der Waals surface area contributed by atoms with E-state index in [0.29, 0.717) is 12.2 Å². The number of benzene rings is 2. The van der Waals surface area contributed by atoms with Gasteiger partial charge in [-0.05, 0) is 18.2 Å². The van der Waals surface area contributed by atoms with E-state index in [4.69, 9.17) is 9.47 Å². The number of methoxy groups -OCH3 is 1. The van der Waals surface area contributed by atoms with Crippen molar-refractivity contribution in [1.82, 2.24) is 0 Å². The Hall–Kier alpha value is -1.94.